The number of nitrogens with one attached hydrogen (secondary N) is 1. The fourth-order valence-corrected chi connectivity index (χ4v) is 2.64. The Balaban J connectivity index is 1.98. The summed E-state index contributed by atoms with van der Waals surface area (Å²) in [7, 11) is 0. The van der Waals surface area contributed by atoms with E-state index >= 15 is 0 Å². The molecule has 0 aliphatic heterocycles. The number of halogens is 1. The largest absolute Gasteiger partial charge is 0.396 e. The van der Waals surface area contributed by atoms with Gasteiger partial charge in [-0.25, -0.2) is 4.39 Å². The minimum Gasteiger partial charge on any atom is -0.396 e. The molecule has 1 saturated carbocycles. The predicted molar refractivity (Wildman–Crippen MR) is 68.7 cm³/mol. The third-order valence-corrected chi connectivity index (χ3v) is 3.97. The Hall–Kier alpha value is -0.580. The Bertz CT molecular complexity index is 368. The molecule has 2 nitrogen and oxygen atoms in total. The normalized spacial score (nSPS) is 15.2. The molecule has 0 amide bonds. The highest BCUT2D eigenvalue weighted by Gasteiger charge is 2.21. The van der Waals surface area contributed by atoms with Crippen LogP contribution in [0.2, 0.25) is 0 Å². The molecule has 0 saturated heterocycles. The summed E-state index contributed by atoms with van der Waals surface area (Å²) < 4.78 is 13.7. The standard InChI is InChI=1S/C13H18FNOS/c14-12-3-1-4-13(17-8-2-7-16)11(12)9-15-10-5-6-10/h1,3-4,10,15-16H,2,5-9H2. The van der Waals surface area contributed by atoms with Crippen LogP contribution in [0.4, 0.5) is 4.39 Å². The molecule has 0 radical (unpaired) electrons. The molecule has 1 aromatic carbocycles. The second-order valence-electron chi connectivity index (χ2n) is 4.30. The molecule has 0 aromatic heterocycles. The Morgan fingerprint density at radius 1 is 1.41 bits per heavy atom. The highest BCUT2D eigenvalue weighted by molar-refractivity contribution is 7.99. The first kappa shape index (κ1) is 12.9. The molecule has 17 heavy (non-hydrogen) atoms. The summed E-state index contributed by atoms with van der Waals surface area (Å²) in [4.78, 5) is 0.992. The van der Waals surface area contributed by atoms with E-state index in [0.29, 0.717) is 12.6 Å². The first-order valence-corrected chi connectivity index (χ1v) is 7.04. The topological polar surface area (TPSA) is 32.3 Å². The Morgan fingerprint density at radius 3 is 2.94 bits per heavy atom. The Morgan fingerprint density at radius 2 is 2.24 bits per heavy atom. The molecule has 2 rings (SSSR count). The maximum Gasteiger partial charge on any atom is 0.128 e. The summed E-state index contributed by atoms with van der Waals surface area (Å²) in [6, 6.07) is 5.80. The molecule has 0 heterocycles. The van der Waals surface area contributed by atoms with Crippen molar-refractivity contribution in [2.45, 2.75) is 36.7 Å². The molecule has 1 aliphatic carbocycles. The van der Waals surface area contributed by atoms with Gasteiger partial charge in [-0.3, -0.25) is 0 Å². The van der Waals surface area contributed by atoms with Crippen molar-refractivity contribution in [1.82, 2.24) is 5.32 Å². The fourth-order valence-electron chi connectivity index (χ4n) is 1.63. The Kier molecular flexibility index (Phi) is 4.83. The molecule has 0 bridgehead atoms. The highest BCUT2D eigenvalue weighted by Crippen LogP contribution is 2.27. The smallest absolute Gasteiger partial charge is 0.128 e. The lowest BCUT2D eigenvalue weighted by Gasteiger charge is -2.10. The minimum absolute atomic E-state index is 0.132. The van der Waals surface area contributed by atoms with Gasteiger partial charge in [-0.15, -0.1) is 11.8 Å². The van der Waals surface area contributed by atoms with Gasteiger partial charge >= 0.3 is 0 Å². The summed E-state index contributed by atoms with van der Waals surface area (Å²) in [5, 5.41) is 12.1. The van der Waals surface area contributed by atoms with E-state index in [9.17, 15) is 4.39 Å². The van der Waals surface area contributed by atoms with Crippen molar-refractivity contribution in [2.24, 2.45) is 0 Å². The highest BCUT2D eigenvalue weighted by atomic mass is 32.2. The van der Waals surface area contributed by atoms with Crippen LogP contribution in [0.15, 0.2) is 23.1 Å². The SMILES string of the molecule is OCCCSc1cccc(F)c1CNC1CC1. The van der Waals surface area contributed by atoms with Crippen molar-refractivity contribution in [3.63, 3.8) is 0 Å². The maximum absolute atomic E-state index is 13.7. The lowest BCUT2D eigenvalue weighted by Crippen LogP contribution is -2.17. The van der Waals surface area contributed by atoms with Gasteiger partial charge in [0.25, 0.3) is 0 Å². The molecule has 0 atom stereocenters. The van der Waals surface area contributed by atoms with Crippen molar-refractivity contribution < 1.29 is 9.50 Å². The van der Waals surface area contributed by atoms with Crippen LogP contribution in [-0.4, -0.2) is 23.5 Å². The molecular weight excluding hydrogens is 237 g/mol. The van der Waals surface area contributed by atoms with E-state index in [1.807, 2.05) is 6.07 Å². The van der Waals surface area contributed by atoms with E-state index in [1.165, 1.54) is 18.9 Å². The van der Waals surface area contributed by atoms with Gasteiger partial charge in [0, 0.05) is 35.4 Å². The number of thioether (sulfide) groups is 1. The van der Waals surface area contributed by atoms with Crippen LogP contribution in [0.3, 0.4) is 0 Å². The quantitative estimate of drug-likeness (QED) is 0.580. The number of hydrogen-bond donors (Lipinski definition) is 2. The van der Waals surface area contributed by atoms with Crippen LogP contribution in [0.25, 0.3) is 0 Å². The third-order valence-electron chi connectivity index (χ3n) is 2.78. The fraction of sp³-hybridized carbons (Fsp3) is 0.538. The van der Waals surface area contributed by atoms with Crippen molar-refractivity contribution in [3.8, 4) is 0 Å². The van der Waals surface area contributed by atoms with Crippen molar-refractivity contribution >= 4 is 11.8 Å². The summed E-state index contributed by atoms with van der Waals surface area (Å²) in [5.74, 6) is 0.697. The van der Waals surface area contributed by atoms with Gasteiger partial charge in [0.1, 0.15) is 5.82 Å². The zero-order chi connectivity index (χ0) is 12.1. The van der Waals surface area contributed by atoms with Crippen LogP contribution in [0, 0.1) is 5.82 Å². The lowest BCUT2D eigenvalue weighted by molar-refractivity contribution is 0.296. The van der Waals surface area contributed by atoms with E-state index in [1.54, 1.807) is 17.8 Å². The van der Waals surface area contributed by atoms with Gasteiger partial charge in [0.05, 0.1) is 0 Å². The van der Waals surface area contributed by atoms with Crippen molar-refractivity contribution in [3.05, 3.63) is 29.6 Å². The van der Waals surface area contributed by atoms with Gasteiger partial charge in [0.2, 0.25) is 0 Å². The molecule has 1 aromatic rings. The summed E-state index contributed by atoms with van der Waals surface area (Å²) in [6.45, 7) is 0.802. The molecule has 4 heteroatoms. The summed E-state index contributed by atoms with van der Waals surface area (Å²) in [5.41, 5.74) is 0.766. The van der Waals surface area contributed by atoms with Crippen LogP contribution >= 0.6 is 11.8 Å². The van der Waals surface area contributed by atoms with E-state index in [-0.39, 0.29) is 12.4 Å². The second-order valence-corrected chi connectivity index (χ2v) is 5.43. The van der Waals surface area contributed by atoms with E-state index < -0.39 is 0 Å². The maximum atomic E-state index is 13.7. The molecule has 1 fully saturated rings. The van der Waals surface area contributed by atoms with Gasteiger partial charge in [0.15, 0.2) is 0 Å². The first-order chi connectivity index (χ1) is 8.31. The zero-order valence-electron chi connectivity index (χ0n) is 9.79. The summed E-state index contributed by atoms with van der Waals surface area (Å²) >= 11 is 1.62. The van der Waals surface area contributed by atoms with Crippen LogP contribution in [0.5, 0.6) is 0 Å². The van der Waals surface area contributed by atoms with Gasteiger partial charge in [-0.05, 0) is 31.4 Å². The molecule has 0 spiro atoms. The van der Waals surface area contributed by atoms with E-state index in [4.69, 9.17) is 5.11 Å². The second kappa shape index (κ2) is 6.38. The summed E-state index contributed by atoms with van der Waals surface area (Å²) in [6.07, 6.45) is 3.17. The third kappa shape index (κ3) is 3.98. The molecule has 94 valence electrons. The van der Waals surface area contributed by atoms with Crippen molar-refractivity contribution in [1.29, 1.82) is 0 Å². The predicted octanol–water partition coefficient (Wildman–Crippen LogP) is 2.55. The van der Waals surface area contributed by atoms with E-state index in [0.717, 1.165) is 22.6 Å². The van der Waals surface area contributed by atoms with Gasteiger partial charge in [-0.1, -0.05) is 6.07 Å². The first-order valence-electron chi connectivity index (χ1n) is 6.05. The number of hydrogen-bond acceptors (Lipinski definition) is 3. The van der Waals surface area contributed by atoms with E-state index in [2.05, 4.69) is 5.32 Å². The van der Waals surface area contributed by atoms with Crippen LogP contribution in [0.1, 0.15) is 24.8 Å². The van der Waals surface area contributed by atoms with Crippen LogP contribution < -0.4 is 5.32 Å². The lowest BCUT2D eigenvalue weighted by atomic mass is 10.2. The molecule has 1 aliphatic rings. The average molecular weight is 255 g/mol. The molecule has 2 N–H and O–H groups in total. The monoisotopic (exact) mass is 255 g/mol. The van der Waals surface area contributed by atoms with Gasteiger partial charge in [-0.2, -0.15) is 0 Å². The van der Waals surface area contributed by atoms with Crippen molar-refractivity contribution in [2.75, 3.05) is 12.4 Å². The average Bonchev–Trinajstić information content (AvgIpc) is 3.12. The van der Waals surface area contributed by atoms with Gasteiger partial charge < -0.3 is 10.4 Å². The Labute approximate surface area is 106 Å². The number of aliphatic hydroxyl groups excluding tert-OH is 1. The minimum atomic E-state index is -0.132. The molecule has 0 unspecified atom stereocenters. The number of benzene rings is 1. The van der Waals surface area contributed by atoms with Crippen LogP contribution in [-0.2, 0) is 6.54 Å². The number of rotatable bonds is 7. The molecular formula is C13H18FNOS. The zero-order valence-corrected chi connectivity index (χ0v) is 10.6. The number of aliphatic hydroxyl groups is 1.